The Morgan fingerprint density at radius 1 is 1.25 bits per heavy atom. The van der Waals surface area contributed by atoms with Crippen LogP contribution in [-0.2, 0) is 4.74 Å². The minimum absolute atomic E-state index is 0.0110. The molecule has 1 aromatic rings. The van der Waals surface area contributed by atoms with E-state index in [2.05, 4.69) is 10.4 Å². The summed E-state index contributed by atoms with van der Waals surface area (Å²) in [5, 5.41) is 8.15. The van der Waals surface area contributed by atoms with Gasteiger partial charge in [0.05, 0.1) is 31.0 Å². The van der Waals surface area contributed by atoms with Crippen LogP contribution in [0.5, 0.6) is 0 Å². The number of ether oxygens (including phenoxy) is 1. The summed E-state index contributed by atoms with van der Waals surface area (Å²) in [7, 11) is 0. The maximum Gasteiger partial charge on any atom is 0.267 e. The molecule has 2 aliphatic carbocycles. The Labute approximate surface area is 118 Å². The van der Waals surface area contributed by atoms with Gasteiger partial charge in [0, 0.05) is 12.0 Å². The number of nitrogens with zero attached hydrogens (tertiary/aromatic N) is 2. The molecule has 0 spiro atoms. The van der Waals surface area contributed by atoms with E-state index in [-0.39, 0.29) is 17.6 Å². The zero-order chi connectivity index (χ0) is 13.5. The highest BCUT2D eigenvalue weighted by atomic mass is 16.5. The van der Waals surface area contributed by atoms with E-state index < -0.39 is 0 Å². The fourth-order valence-corrected chi connectivity index (χ4v) is 2.89. The van der Waals surface area contributed by atoms with E-state index in [0.29, 0.717) is 19.1 Å². The topological polar surface area (TPSA) is 56.2 Å². The molecule has 0 amide bonds. The maximum absolute atomic E-state index is 12.1. The normalized spacial score (nSPS) is 29.8. The van der Waals surface area contributed by atoms with Crippen molar-refractivity contribution in [3.8, 4) is 0 Å². The van der Waals surface area contributed by atoms with Crippen LogP contribution in [-0.4, -0.2) is 35.6 Å². The lowest BCUT2D eigenvalue weighted by Gasteiger charge is -2.20. The first-order chi connectivity index (χ1) is 9.81. The summed E-state index contributed by atoms with van der Waals surface area (Å²) < 4.78 is 7.24. The third-order valence-corrected chi connectivity index (χ3v) is 4.57. The lowest BCUT2D eigenvalue weighted by Crippen LogP contribution is -2.42. The fourth-order valence-electron chi connectivity index (χ4n) is 2.89. The summed E-state index contributed by atoms with van der Waals surface area (Å²) in [6.45, 7) is 2.31. The smallest absolute Gasteiger partial charge is 0.267 e. The highest BCUT2D eigenvalue weighted by molar-refractivity contribution is 5.13. The average Bonchev–Trinajstić information content (AvgIpc) is 3.36. The molecule has 2 heterocycles. The molecule has 0 radical (unpaired) electrons. The first kappa shape index (κ1) is 12.5. The molecular weight excluding hydrogens is 254 g/mol. The Hall–Kier alpha value is -1.20. The van der Waals surface area contributed by atoms with Gasteiger partial charge in [0.1, 0.15) is 0 Å². The molecular formula is C15H21N3O2. The van der Waals surface area contributed by atoms with Gasteiger partial charge in [0.25, 0.3) is 5.56 Å². The Balaban J connectivity index is 1.54. The summed E-state index contributed by atoms with van der Waals surface area (Å²) in [6, 6.07) is 3.81. The van der Waals surface area contributed by atoms with Crippen molar-refractivity contribution in [2.24, 2.45) is 5.92 Å². The number of hydrogen-bond acceptors (Lipinski definition) is 4. The molecule has 108 valence electrons. The van der Waals surface area contributed by atoms with Gasteiger partial charge in [-0.2, -0.15) is 5.10 Å². The molecule has 3 fully saturated rings. The zero-order valence-corrected chi connectivity index (χ0v) is 11.6. The Kier molecular flexibility index (Phi) is 3.11. The second kappa shape index (κ2) is 4.97. The van der Waals surface area contributed by atoms with Gasteiger partial charge in [-0.05, 0) is 44.2 Å². The molecule has 5 heteroatoms. The number of nitrogens with one attached hydrogen (secondary N) is 1. The summed E-state index contributed by atoms with van der Waals surface area (Å²) >= 11 is 0. The largest absolute Gasteiger partial charge is 0.377 e. The van der Waals surface area contributed by atoms with Crippen LogP contribution in [0.4, 0.5) is 0 Å². The van der Waals surface area contributed by atoms with Crippen LogP contribution in [0.3, 0.4) is 0 Å². The Morgan fingerprint density at radius 3 is 2.85 bits per heavy atom. The molecule has 4 rings (SSSR count). The monoisotopic (exact) mass is 275 g/mol. The molecule has 5 nitrogen and oxygen atoms in total. The van der Waals surface area contributed by atoms with Crippen LogP contribution in [0, 0.1) is 5.92 Å². The van der Waals surface area contributed by atoms with E-state index in [1.165, 1.54) is 25.7 Å². The molecule has 0 bridgehead atoms. The summed E-state index contributed by atoms with van der Waals surface area (Å²) in [6.07, 6.45) is 5.08. The molecule has 3 aliphatic rings. The molecule has 1 aliphatic heterocycles. The van der Waals surface area contributed by atoms with Gasteiger partial charge in [0.2, 0.25) is 0 Å². The highest BCUT2D eigenvalue weighted by Gasteiger charge is 2.34. The van der Waals surface area contributed by atoms with Gasteiger partial charge >= 0.3 is 0 Å². The third kappa shape index (κ3) is 2.52. The average molecular weight is 275 g/mol. The van der Waals surface area contributed by atoms with Crippen molar-refractivity contribution in [3.63, 3.8) is 0 Å². The van der Waals surface area contributed by atoms with Crippen LogP contribution in [0.1, 0.15) is 43.3 Å². The van der Waals surface area contributed by atoms with Gasteiger partial charge in [-0.15, -0.1) is 0 Å². The summed E-state index contributed by atoms with van der Waals surface area (Å²) in [5.74, 6) is 1.40. The van der Waals surface area contributed by atoms with Gasteiger partial charge in [-0.3, -0.25) is 4.79 Å². The SMILES string of the molecule is O=c1ccc(C2CC2)nn1C1COCC1NCC1CC1. The Bertz CT molecular complexity index is 548. The van der Waals surface area contributed by atoms with Crippen LogP contribution in [0.2, 0.25) is 0 Å². The van der Waals surface area contributed by atoms with Crippen molar-refractivity contribution < 1.29 is 4.74 Å². The van der Waals surface area contributed by atoms with Crippen LogP contribution in [0.15, 0.2) is 16.9 Å². The number of hydrogen-bond donors (Lipinski definition) is 1. The fraction of sp³-hybridized carbons (Fsp3) is 0.733. The first-order valence-electron chi connectivity index (χ1n) is 7.72. The molecule has 2 saturated carbocycles. The van der Waals surface area contributed by atoms with Gasteiger partial charge in [-0.25, -0.2) is 4.68 Å². The van der Waals surface area contributed by atoms with Gasteiger partial charge in [0.15, 0.2) is 0 Å². The van der Waals surface area contributed by atoms with Crippen LogP contribution < -0.4 is 10.9 Å². The lowest BCUT2D eigenvalue weighted by molar-refractivity contribution is 0.180. The van der Waals surface area contributed by atoms with Gasteiger partial charge in [-0.1, -0.05) is 0 Å². The quantitative estimate of drug-likeness (QED) is 0.873. The minimum Gasteiger partial charge on any atom is -0.377 e. The van der Waals surface area contributed by atoms with Crippen molar-refractivity contribution in [2.75, 3.05) is 19.8 Å². The first-order valence-corrected chi connectivity index (χ1v) is 7.72. The molecule has 2 atom stereocenters. The maximum atomic E-state index is 12.1. The van der Waals surface area contributed by atoms with Crippen LogP contribution >= 0.6 is 0 Å². The van der Waals surface area contributed by atoms with Gasteiger partial charge < -0.3 is 10.1 Å². The second-order valence-electron chi connectivity index (χ2n) is 6.38. The summed E-state index contributed by atoms with van der Waals surface area (Å²) in [5.41, 5.74) is 1.06. The molecule has 1 N–H and O–H groups in total. The van der Waals surface area contributed by atoms with Crippen molar-refractivity contribution in [2.45, 2.75) is 43.7 Å². The van der Waals surface area contributed by atoms with E-state index in [9.17, 15) is 4.79 Å². The zero-order valence-electron chi connectivity index (χ0n) is 11.6. The standard InChI is InChI=1S/C15H21N3O2/c19-15-6-5-12(11-3-4-11)17-18(15)14-9-20-8-13(14)16-7-10-1-2-10/h5-6,10-11,13-14,16H,1-4,7-9H2. The molecule has 20 heavy (non-hydrogen) atoms. The Morgan fingerprint density at radius 2 is 2.10 bits per heavy atom. The highest BCUT2D eigenvalue weighted by Crippen LogP contribution is 2.38. The predicted molar refractivity (Wildman–Crippen MR) is 74.8 cm³/mol. The molecule has 2 unspecified atom stereocenters. The van der Waals surface area contributed by atoms with Crippen molar-refractivity contribution in [1.82, 2.24) is 15.1 Å². The van der Waals surface area contributed by atoms with E-state index in [1.807, 2.05) is 6.07 Å². The molecule has 1 saturated heterocycles. The van der Waals surface area contributed by atoms with Crippen LogP contribution in [0.25, 0.3) is 0 Å². The van der Waals surface area contributed by atoms with E-state index in [0.717, 1.165) is 18.2 Å². The summed E-state index contributed by atoms with van der Waals surface area (Å²) in [4.78, 5) is 12.1. The third-order valence-electron chi connectivity index (χ3n) is 4.57. The predicted octanol–water partition coefficient (Wildman–Crippen LogP) is 1.06. The molecule has 0 aromatic carbocycles. The van der Waals surface area contributed by atoms with E-state index in [1.54, 1.807) is 10.7 Å². The molecule has 1 aromatic heterocycles. The minimum atomic E-state index is -0.0110. The van der Waals surface area contributed by atoms with E-state index in [4.69, 9.17) is 4.74 Å². The van der Waals surface area contributed by atoms with E-state index >= 15 is 0 Å². The number of aromatic nitrogens is 2. The number of rotatable bonds is 5. The lowest BCUT2D eigenvalue weighted by atomic mass is 10.1. The van der Waals surface area contributed by atoms with Crippen molar-refractivity contribution >= 4 is 0 Å². The van der Waals surface area contributed by atoms with Crippen molar-refractivity contribution in [1.29, 1.82) is 0 Å². The van der Waals surface area contributed by atoms with Crippen molar-refractivity contribution in [3.05, 3.63) is 28.2 Å². The second-order valence-corrected chi connectivity index (χ2v) is 6.38.